The van der Waals surface area contributed by atoms with E-state index in [-0.39, 0.29) is 10.6 Å². The van der Waals surface area contributed by atoms with Gasteiger partial charge in [0.1, 0.15) is 5.82 Å². The molecule has 0 bridgehead atoms. The summed E-state index contributed by atoms with van der Waals surface area (Å²) in [5.74, 6) is -0.259. The van der Waals surface area contributed by atoms with Crippen LogP contribution in [0.5, 0.6) is 0 Å². The molecule has 2 aromatic carbocycles. The third kappa shape index (κ3) is 2.95. The molecule has 0 saturated carbocycles. The number of hydrogen-bond donors (Lipinski definition) is 0. The summed E-state index contributed by atoms with van der Waals surface area (Å²) in [4.78, 5) is 0.0189. The zero-order valence-electron chi connectivity index (χ0n) is 9.55. The Kier molecular flexibility index (Phi) is 4.46. The Hall–Kier alpha value is -0.380. The number of aryl methyl sites for hydroxylation is 1. The van der Waals surface area contributed by atoms with Crippen LogP contribution in [0.2, 0.25) is 5.02 Å². The molecule has 0 aliphatic heterocycles. The van der Waals surface area contributed by atoms with Crippen molar-refractivity contribution in [2.45, 2.75) is 11.8 Å². The lowest BCUT2D eigenvalue weighted by Crippen LogP contribution is -1.94. The molecule has 0 saturated heterocycles. The van der Waals surface area contributed by atoms with Gasteiger partial charge in [-0.1, -0.05) is 45.7 Å². The number of benzene rings is 2. The molecule has 4 heteroatoms. The number of halogens is 4. The average Bonchev–Trinajstić information content (AvgIpc) is 2.35. The van der Waals surface area contributed by atoms with E-state index in [1.165, 1.54) is 6.07 Å². The maximum absolute atomic E-state index is 13.2. The second-order valence-corrected chi connectivity index (χ2v) is 6.22. The Morgan fingerprint density at radius 2 is 1.72 bits per heavy atom. The summed E-state index contributed by atoms with van der Waals surface area (Å²) < 4.78 is 13.7. The molecule has 0 spiro atoms. The summed E-state index contributed by atoms with van der Waals surface area (Å²) in [6.07, 6.45) is 0. The van der Waals surface area contributed by atoms with Gasteiger partial charge < -0.3 is 0 Å². The van der Waals surface area contributed by atoms with Gasteiger partial charge >= 0.3 is 0 Å². The van der Waals surface area contributed by atoms with Crippen LogP contribution in [0.1, 0.15) is 21.5 Å². The van der Waals surface area contributed by atoms with Crippen LogP contribution in [0.3, 0.4) is 0 Å². The summed E-state index contributed by atoms with van der Waals surface area (Å²) >= 11 is 12.8. The van der Waals surface area contributed by atoms with Crippen molar-refractivity contribution < 1.29 is 4.39 Å². The lowest BCUT2D eigenvalue weighted by Gasteiger charge is -2.12. The quantitative estimate of drug-likeness (QED) is 0.547. The SMILES string of the molecule is Cc1cc(C(Br)c2ccc(F)c(Br)c2)ccc1Cl. The summed E-state index contributed by atoms with van der Waals surface area (Å²) in [5, 5.41) is 0.749. The summed E-state index contributed by atoms with van der Waals surface area (Å²) in [7, 11) is 0. The molecule has 0 N–H and O–H groups in total. The van der Waals surface area contributed by atoms with Gasteiger partial charge in [-0.3, -0.25) is 0 Å². The van der Waals surface area contributed by atoms with Gasteiger partial charge in [0.2, 0.25) is 0 Å². The molecule has 0 heterocycles. The normalized spacial score (nSPS) is 12.5. The standard InChI is InChI=1S/C14H10Br2ClF/c1-8-6-9(2-4-12(8)17)14(16)10-3-5-13(18)11(15)7-10/h2-7,14H,1H3. The molecule has 0 radical (unpaired) electrons. The van der Waals surface area contributed by atoms with Crippen molar-refractivity contribution in [2.75, 3.05) is 0 Å². The van der Waals surface area contributed by atoms with Gasteiger partial charge in [0.25, 0.3) is 0 Å². The van der Waals surface area contributed by atoms with E-state index >= 15 is 0 Å². The molecule has 18 heavy (non-hydrogen) atoms. The van der Waals surface area contributed by atoms with Crippen LogP contribution in [0.25, 0.3) is 0 Å². The average molecular weight is 392 g/mol. The monoisotopic (exact) mass is 390 g/mol. The second kappa shape index (κ2) is 5.72. The zero-order valence-corrected chi connectivity index (χ0v) is 13.5. The predicted octanol–water partition coefficient (Wildman–Crippen LogP) is 6.03. The van der Waals surface area contributed by atoms with Gasteiger partial charge in [-0.05, 0) is 57.7 Å². The third-order valence-corrected chi connectivity index (χ3v) is 4.80. The molecule has 0 aliphatic rings. The van der Waals surface area contributed by atoms with Gasteiger partial charge in [-0.15, -0.1) is 0 Å². The van der Waals surface area contributed by atoms with Crippen molar-refractivity contribution in [2.24, 2.45) is 0 Å². The van der Waals surface area contributed by atoms with Gasteiger partial charge in [-0.25, -0.2) is 4.39 Å². The first kappa shape index (κ1) is 14.0. The smallest absolute Gasteiger partial charge is 0.137 e. The minimum Gasteiger partial charge on any atom is -0.206 e. The van der Waals surface area contributed by atoms with E-state index in [1.807, 2.05) is 25.1 Å². The molecule has 1 unspecified atom stereocenters. The first-order valence-electron chi connectivity index (χ1n) is 5.34. The molecule has 0 aliphatic carbocycles. The highest BCUT2D eigenvalue weighted by atomic mass is 79.9. The maximum Gasteiger partial charge on any atom is 0.137 e. The van der Waals surface area contributed by atoms with Gasteiger partial charge in [0.15, 0.2) is 0 Å². The lowest BCUT2D eigenvalue weighted by atomic mass is 10.0. The highest BCUT2D eigenvalue weighted by molar-refractivity contribution is 9.10. The number of rotatable bonds is 2. The summed E-state index contributed by atoms with van der Waals surface area (Å²) in [6, 6.07) is 10.9. The van der Waals surface area contributed by atoms with Gasteiger partial charge in [0, 0.05) is 5.02 Å². The van der Waals surface area contributed by atoms with Gasteiger partial charge in [0.05, 0.1) is 9.30 Å². The van der Waals surface area contributed by atoms with E-state index in [2.05, 4.69) is 31.9 Å². The Morgan fingerprint density at radius 3 is 2.33 bits per heavy atom. The Labute approximate surface area is 127 Å². The van der Waals surface area contributed by atoms with Gasteiger partial charge in [-0.2, -0.15) is 0 Å². The maximum atomic E-state index is 13.2. The highest BCUT2D eigenvalue weighted by Gasteiger charge is 2.12. The van der Waals surface area contributed by atoms with E-state index in [0.29, 0.717) is 4.47 Å². The van der Waals surface area contributed by atoms with Crippen LogP contribution < -0.4 is 0 Å². The van der Waals surface area contributed by atoms with Crippen molar-refractivity contribution in [1.82, 2.24) is 0 Å². The van der Waals surface area contributed by atoms with Crippen LogP contribution in [0.4, 0.5) is 4.39 Å². The largest absolute Gasteiger partial charge is 0.206 e. The van der Waals surface area contributed by atoms with Crippen molar-refractivity contribution >= 4 is 43.5 Å². The summed E-state index contributed by atoms with van der Waals surface area (Å²) in [5.41, 5.74) is 3.11. The van der Waals surface area contributed by atoms with Crippen LogP contribution >= 0.6 is 43.5 Å². The van der Waals surface area contributed by atoms with Crippen molar-refractivity contribution in [3.8, 4) is 0 Å². The topological polar surface area (TPSA) is 0 Å². The Morgan fingerprint density at radius 1 is 1.11 bits per heavy atom. The van der Waals surface area contributed by atoms with Crippen LogP contribution in [-0.4, -0.2) is 0 Å². The molecule has 0 amide bonds. The Bertz CT molecular complexity index is 533. The summed E-state index contributed by atoms with van der Waals surface area (Å²) in [6.45, 7) is 1.96. The lowest BCUT2D eigenvalue weighted by molar-refractivity contribution is 0.620. The fraction of sp³-hybridized carbons (Fsp3) is 0.143. The van der Waals surface area contributed by atoms with Crippen LogP contribution in [0, 0.1) is 12.7 Å². The first-order chi connectivity index (χ1) is 8.49. The van der Waals surface area contributed by atoms with Crippen molar-refractivity contribution in [3.63, 3.8) is 0 Å². The fourth-order valence-electron chi connectivity index (χ4n) is 1.69. The molecule has 2 rings (SSSR count). The number of hydrogen-bond acceptors (Lipinski definition) is 0. The van der Waals surface area contributed by atoms with E-state index < -0.39 is 0 Å². The van der Waals surface area contributed by atoms with E-state index in [1.54, 1.807) is 12.1 Å². The molecule has 0 nitrogen and oxygen atoms in total. The van der Waals surface area contributed by atoms with E-state index in [0.717, 1.165) is 21.7 Å². The molecule has 0 fully saturated rings. The minimum absolute atomic E-state index is 0.0189. The molecular formula is C14H10Br2ClF. The Balaban J connectivity index is 2.37. The second-order valence-electron chi connectivity index (χ2n) is 4.04. The fourth-order valence-corrected chi connectivity index (χ4v) is 2.77. The van der Waals surface area contributed by atoms with Crippen LogP contribution in [0.15, 0.2) is 40.9 Å². The molecule has 1 atom stereocenters. The van der Waals surface area contributed by atoms with Crippen LogP contribution in [-0.2, 0) is 0 Å². The third-order valence-electron chi connectivity index (χ3n) is 2.71. The molecule has 94 valence electrons. The van der Waals surface area contributed by atoms with Crippen molar-refractivity contribution in [1.29, 1.82) is 0 Å². The zero-order chi connectivity index (χ0) is 13.3. The molecule has 0 aromatic heterocycles. The van der Waals surface area contributed by atoms with Crippen molar-refractivity contribution in [3.05, 3.63) is 68.4 Å². The molecular weight excluding hydrogens is 382 g/mol. The van der Waals surface area contributed by atoms with E-state index in [4.69, 9.17) is 11.6 Å². The number of alkyl halides is 1. The first-order valence-corrected chi connectivity index (χ1v) is 7.43. The predicted molar refractivity (Wildman–Crippen MR) is 81.1 cm³/mol. The minimum atomic E-state index is -0.259. The highest BCUT2D eigenvalue weighted by Crippen LogP contribution is 2.34. The molecule has 2 aromatic rings. The van der Waals surface area contributed by atoms with E-state index in [9.17, 15) is 4.39 Å².